The van der Waals surface area contributed by atoms with Crippen molar-refractivity contribution in [1.29, 1.82) is 0 Å². The molecule has 0 aliphatic carbocycles. The van der Waals surface area contributed by atoms with Gasteiger partial charge in [-0.15, -0.1) is 11.3 Å². The van der Waals surface area contributed by atoms with Crippen LogP contribution in [0.1, 0.15) is 5.76 Å². The van der Waals surface area contributed by atoms with E-state index in [0.29, 0.717) is 23.8 Å². The molecule has 3 rings (SSSR count). The predicted molar refractivity (Wildman–Crippen MR) is 77.1 cm³/mol. The summed E-state index contributed by atoms with van der Waals surface area (Å²) in [5.74, 6) is 1.18. The van der Waals surface area contributed by atoms with Gasteiger partial charge in [0.15, 0.2) is 15.9 Å². The number of imidazole rings is 1. The molecule has 0 aliphatic heterocycles. The van der Waals surface area contributed by atoms with Crippen LogP contribution in [-0.2, 0) is 16.6 Å². The van der Waals surface area contributed by atoms with Crippen molar-refractivity contribution < 1.29 is 12.8 Å². The predicted octanol–water partition coefficient (Wildman–Crippen LogP) is 1.39. The Morgan fingerprint density at radius 3 is 2.95 bits per heavy atom. The minimum atomic E-state index is -3.71. The van der Waals surface area contributed by atoms with Crippen LogP contribution in [0.2, 0.25) is 0 Å². The summed E-state index contributed by atoms with van der Waals surface area (Å²) in [5.41, 5.74) is 6.01. The summed E-state index contributed by atoms with van der Waals surface area (Å²) in [6, 6.07) is 3.49. The second kappa shape index (κ2) is 5.31. The van der Waals surface area contributed by atoms with Crippen molar-refractivity contribution in [2.75, 3.05) is 4.72 Å². The van der Waals surface area contributed by atoms with Gasteiger partial charge in [-0.05, 0) is 12.1 Å². The lowest BCUT2D eigenvalue weighted by molar-refractivity contribution is 0.524. The third-order valence-corrected chi connectivity index (χ3v) is 4.76. The van der Waals surface area contributed by atoms with Gasteiger partial charge in [0.25, 0.3) is 10.0 Å². The van der Waals surface area contributed by atoms with Gasteiger partial charge in [-0.25, -0.2) is 9.97 Å². The van der Waals surface area contributed by atoms with Crippen LogP contribution < -0.4 is 10.5 Å². The Bertz CT molecular complexity index is 835. The SMILES string of the molecule is NCc1ccc(-c2csc(NS(=O)(=O)c3cnc[nH]3)n2)o1. The van der Waals surface area contributed by atoms with Crippen LogP contribution in [0, 0.1) is 0 Å². The standard InChI is InChI=1S/C11H11N5O3S2/c12-3-7-1-2-9(19-7)8-5-20-11(15-8)16-21(17,18)10-4-13-6-14-10/h1-2,4-6H,3,12H2,(H,13,14)(H,15,16). The average Bonchev–Trinajstić information content (AvgIpc) is 3.19. The number of sulfonamides is 1. The molecule has 3 heterocycles. The first-order valence-electron chi connectivity index (χ1n) is 5.84. The van der Waals surface area contributed by atoms with E-state index in [2.05, 4.69) is 19.7 Å². The summed E-state index contributed by atoms with van der Waals surface area (Å²) < 4.78 is 31.8. The third-order valence-electron chi connectivity index (χ3n) is 2.60. The molecule has 0 aliphatic rings. The highest BCUT2D eigenvalue weighted by atomic mass is 32.2. The van der Waals surface area contributed by atoms with Crippen molar-refractivity contribution in [2.24, 2.45) is 5.73 Å². The molecule has 21 heavy (non-hydrogen) atoms. The Hall–Kier alpha value is -2.17. The second-order valence-electron chi connectivity index (χ2n) is 4.03. The number of anilines is 1. The molecule has 10 heteroatoms. The maximum Gasteiger partial charge on any atom is 0.280 e. The number of H-pyrrole nitrogens is 1. The Balaban J connectivity index is 1.82. The van der Waals surface area contributed by atoms with E-state index in [-0.39, 0.29) is 10.2 Å². The van der Waals surface area contributed by atoms with Crippen molar-refractivity contribution in [3.63, 3.8) is 0 Å². The van der Waals surface area contributed by atoms with E-state index in [1.165, 1.54) is 12.5 Å². The highest BCUT2D eigenvalue weighted by Gasteiger charge is 2.18. The molecule has 0 unspecified atom stereocenters. The number of thiazole rings is 1. The van der Waals surface area contributed by atoms with Crippen molar-refractivity contribution in [3.8, 4) is 11.5 Å². The van der Waals surface area contributed by atoms with Crippen molar-refractivity contribution in [1.82, 2.24) is 15.0 Å². The van der Waals surface area contributed by atoms with Gasteiger partial charge >= 0.3 is 0 Å². The summed E-state index contributed by atoms with van der Waals surface area (Å²) in [5, 5.41) is 1.91. The fraction of sp³-hybridized carbons (Fsp3) is 0.0909. The van der Waals surface area contributed by atoms with Crippen molar-refractivity contribution >= 4 is 26.5 Å². The van der Waals surface area contributed by atoms with E-state index in [1.807, 2.05) is 0 Å². The molecule has 0 bridgehead atoms. The zero-order valence-corrected chi connectivity index (χ0v) is 12.2. The monoisotopic (exact) mass is 325 g/mol. The van der Waals surface area contributed by atoms with Gasteiger partial charge in [-0.1, -0.05) is 0 Å². The topological polar surface area (TPSA) is 127 Å². The van der Waals surface area contributed by atoms with Crippen LogP contribution in [-0.4, -0.2) is 23.4 Å². The number of nitrogens with two attached hydrogens (primary N) is 1. The molecule has 0 fully saturated rings. The van der Waals surface area contributed by atoms with Gasteiger partial charge in [-0.2, -0.15) is 8.42 Å². The molecule has 0 atom stereocenters. The van der Waals surface area contributed by atoms with Crippen LogP contribution in [0.3, 0.4) is 0 Å². The molecular weight excluding hydrogens is 314 g/mol. The third kappa shape index (κ3) is 2.82. The summed E-state index contributed by atoms with van der Waals surface area (Å²) in [6.07, 6.45) is 2.51. The minimum Gasteiger partial charge on any atom is -0.458 e. The Kier molecular flexibility index (Phi) is 3.49. The first kappa shape index (κ1) is 13.8. The molecule has 0 aromatic carbocycles. The van der Waals surface area contributed by atoms with Crippen molar-refractivity contribution in [3.05, 3.63) is 35.8 Å². The number of nitrogens with zero attached hydrogens (tertiary/aromatic N) is 2. The molecular formula is C11H11N5O3S2. The highest BCUT2D eigenvalue weighted by molar-refractivity contribution is 7.92. The van der Waals surface area contributed by atoms with Crippen LogP contribution in [0.5, 0.6) is 0 Å². The number of aromatic nitrogens is 3. The summed E-state index contributed by atoms with van der Waals surface area (Å²) in [7, 11) is -3.71. The molecule has 3 aromatic rings. The van der Waals surface area contributed by atoms with Crippen LogP contribution >= 0.6 is 11.3 Å². The van der Waals surface area contributed by atoms with Crippen LogP contribution in [0.15, 0.2) is 39.5 Å². The molecule has 3 aromatic heterocycles. The van der Waals surface area contributed by atoms with Gasteiger partial charge in [0.05, 0.1) is 19.1 Å². The zero-order valence-electron chi connectivity index (χ0n) is 10.6. The number of nitrogens with one attached hydrogen (secondary N) is 2. The summed E-state index contributed by atoms with van der Waals surface area (Å²) in [6.45, 7) is 0.295. The normalized spacial score (nSPS) is 11.7. The lowest BCUT2D eigenvalue weighted by atomic mass is 10.3. The van der Waals surface area contributed by atoms with E-state index in [9.17, 15) is 8.42 Å². The quantitative estimate of drug-likeness (QED) is 0.650. The fourth-order valence-corrected chi connectivity index (χ4v) is 3.48. The van der Waals surface area contributed by atoms with Gasteiger partial charge in [0.1, 0.15) is 11.5 Å². The Morgan fingerprint density at radius 2 is 2.29 bits per heavy atom. The second-order valence-corrected chi connectivity index (χ2v) is 6.54. The molecule has 0 saturated carbocycles. The number of hydrogen-bond donors (Lipinski definition) is 3. The van der Waals surface area contributed by atoms with Gasteiger partial charge in [0.2, 0.25) is 0 Å². The number of hydrogen-bond acceptors (Lipinski definition) is 7. The number of aromatic amines is 1. The van der Waals surface area contributed by atoms with Gasteiger partial charge in [0, 0.05) is 5.38 Å². The van der Waals surface area contributed by atoms with Crippen molar-refractivity contribution in [2.45, 2.75) is 11.6 Å². The van der Waals surface area contributed by atoms with E-state index in [0.717, 1.165) is 11.3 Å². The minimum absolute atomic E-state index is 0.0253. The fourth-order valence-electron chi connectivity index (χ4n) is 1.62. The molecule has 4 N–H and O–H groups in total. The summed E-state index contributed by atoms with van der Waals surface area (Å²) in [4.78, 5) is 10.4. The number of furan rings is 1. The molecule has 8 nitrogen and oxygen atoms in total. The smallest absolute Gasteiger partial charge is 0.280 e. The van der Waals surface area contributed by atoms with Crippen LogP contribution in [0.4, 0.5) is 5.13 Å². The lowest BCUT2D eigenvalue weighted by Gasteiger charge is -2.01. The van der Waals surface area contributed by atoms with E-state index in [4.69, 9.17) is 10.2 Å². The maximum absolute atomic E-state index is 12.0. The Morgan fingerprint density at radius 1 is 1.43 bits per heavy atom. The summed E-state index contributed by atoms with van der Waals surface area (Å²) >= 11 is 1.16. The Labute approximate surface area is 124 Å². The largest absolute Gasteiger partial charge is 0.458 e. The average molecular weight is 325 g/mol. The molecule has 0 radical (unpaired) electrons. The van der Waals surface area contributed by atoms with Crippen LogP contribution in [0.25, 0.3) is 11.5 Å². The maximum atomic E-state index is 12.0. The van der Waals surface area contributed by atoms with E-state index < -0.39 is 10.0 Å². The van der Waals surface area contributed by atoms with E-state index >= 15 is 0 Å². The van der Waals surface area contributed by atoms with E-state index in [1.54, 1.807) is 17.5 Å². The zero-order chi connectivity index (χ0) is 14.9. The molecule has 0 saturated heterocycles. The van der Waals surface area contributed by atoms with Gasteiger partial charge in [-0.3, -0.25) is 4.72 Å². The molecule has 110 valence electrons. The first-order chi connectivity index (χ1) is 10.1. The first-order valence-corrected chi connectivity index (χ1v) is 8.20. The number of rotatable bonds is 5. The highest BCUT2D eigenvalue weighted by Crippen LogP contribution is 2.27. The van der Waals surface area contributed by atoms with Gasteiger partial charge < -0.3 is 15.1 Å². The molecule has 0 spiro atoms. The lowest BCUT2D eigenvalue weighted by Crippen LogP contribution is -2.13. The molecule has 0 amide bonds.